The van der Waals surface area contributed by atoms with E-state index in [2.05, 4.69) is 5.32 Å². The van der Waals surface area contributed by atoms with Crippen LogP contribution in [0.1, 0.15) is 34.6 Å². The maximum absolute atomic E-state index is 11.9. The topological polar surface area (TPSA) is 75.7 Å². The second-order valence-corrected chi connectivity index (χ2v) is 5.68. The van der Waals surface area contributed by atoms with E-state index in [1.807, 2.05) is 0 Å². The molecule has 20 heavy (non-hydrogen) atoms. The number of fused-ring (bicyclic) bond motifs is 1. The Kier molecular flexibility index (Phi) is 4.08. The molecule has 0 radical (unpaired) electrons. The zero-order valence-electron chi connectivity index (χ0n) is 11.6. The summed E-state index contributed by atoms with van der Waals surface area (Å²) in [5.74, 6) is -0.690. The number of anilines is 1. The number of esters is 1. The number of amides is 2. The lowest BCUT2D eigenvalue weighted by Gasteiger charge is -2.25. The van der Waals surface area contributed by atoms with E-state index in [9.17, 15) is 14.4 Å². The number of hydrogen-bond donors (Lipinski definition) is 1. The lowest BCUT2D eigenvalue weighted by molar-refractivity contribution is -0.129. The van der Waals surface area contributed by atoms with Gasteiger partial charge in [0.2, 0.25) is 11.8 Å². The molecule has 1 aromatic heterocycles. The zero-order valence-corrected chi connectivity index (χ0v) is 12.4. The van der Waals surface area contributed by atoms with Crippen LogP contribution in [0.3, 0.4) is 0 Å². The molecule has 1 aromatic rings. The molecular formula is C13H16N2O4S. The highest BCUT2D eigenvalue weighted by Crippen LogP contribution is 2.37. The summed E-state index contributed by atoms with van der Waals surface area (Å²) < 4.78 is 4.79. The molecule has 1 aliphatic rings. The Labute approximate surface area is 120 Å². The van der Waals surface area contributed by atoms with Crippen molar-refractivity contribution in [2.45, 2.75) is 26.8 Å². The van der Waals surface area contributed by atoms with Gasteiger partial charge < -0.3 is 15.0 Å². The molecule has 2 amide bonds. The van der Waals surface area contributed by atoms with Gasteiger partial charge in [-0.1, -0.05) is 0 Å². The molecule has 2 heterocycles. The summed E-state index contributed by atoms with van der Waals surface area (Å²) in [6, 6.07) is 0. The van der Waals surface area contributed by atoms with Crippen molar-refractivity contribution in [2.75, 3.05) is 19.0 Å². The van der Waals surface area contributed by atoms with Crippen LogP contribution in [-0.4, -0.2) is 36.3 Å². The van der Waals surface area contributed by atoms with Crippen LogP contribution < -0.4 is 5.32 Å². The van der Waals surface area contributed by atoms with Gasteiger partial charge in [-0.15, -0.1) is 11.3 Å². The van der Waals surface area contributed by atoms with Crippen LogP contribution in [-0.2, 0) is 27.3 Å². The summed E-state index contributed by atoms with van der Waals surface area (Å²) in [7, 11) is 1.31. The second kappa shape index (κ2) is 5.62. The minimum Gasteiger partial charge on any atom is -0.465 e. The van der Waals surface area contributed by atoms with Gasteiger partial charge in [-0.3, -0.25) is 9.59 Å². The minimum absolute atomic E-state index is 0.00439. The highest BCUT2D eigenvalue weighted by atomic mass is 32.1. The van der Waals surface area contributed by atoms with Crippen LogP contribution in [0, 0.1) is 0 Å². The van der Waals surface area contributed by atoms with Crippen molar-refractivity contribution in [3.63, 3.8) is 0 Å². The van der Waals surface area contributed by atoms with E-state index in [1.54, 1.807) is 4.90 Å². The Bertz CT molecular complexity index is 579. The summed E-state index contributed by atoms with van der Waals surface area (Å²) in [5.41, 5.74) is 1.30. The van der Waals surface area contributed by atoms with Crippen LogP contribution in [0.25, 0.3) is 0 Å². The van der Waals surface area contributed by atoms with Crippen molar-refractivity contribution < 1.29 is 19.1 Å². The molecule has 108 valence electrons. The van der Waals surface area contributed by atoms with E-state index < -0.39 is 5.97 Å². The predicted molar refractivity (Wildman–Crippen MR) is 74.8 cm³/mol. The Hall–Kier alpha value is -1.89. The molecule has 0 unspecified atom stereocenters. The first-order chi connectivity index (χ1) is 9.43. The van der Waals surface area contributed by atoms with Gasteiger partial charge in [0.1, 0.15) is 5.00 Å². The van der Waals surface area contributed by atoms with E-state index in [-0.39, 0.29) is 11.8 Å². The molecule has 0 fully saturated rings. The summed E-state index contributed by atoms with van der Waals surface area (Å²) >= 11 is 1.33. The first-order valence-corrected chi connectivity index (χ1v) is 7.01. The molecule has 1 aliphatic heterocycles. The van der Waals surface area contributed by atoms with E-state index in [4.69, 9.17) is 4.74 Å². The fraction of sp³-hybridized carbons (Fsp3) is 0.462. The van der Waals surface area contributed by atoms with Gasteiger partial charge in [-0.25, -0.2) is 4.79 Å². The monoisotopic (exact) mass is 296 g/mol. The van der Waals surface area contributed by atoms with Crippen LogP contribution in [0.15, 0.2) is 0 Å². The minimum atomic E-state index is -0.456. The quantitative estimate of drug-likeness (QED) is 0.837. The Morgan fingerprint density at radius 1 is 1.30 bits per heavy atom. The van der Waals surface area contributed by atoms with Gasteiger partial charge >= 0.3 is 5.97 Å². The van der Waals surface area contributed by atoms with Crippen molar-refractivity contribution in [2.24, 2.45) is 0 Å². The van der Waals surface area contributed by atoms with Crippen LogP contribution in [0.4, 0.5) is 5.00 Å². The van der Waals surface area contributed by atoms with E-state index >= 15 is 0 Å². The second-order valence-electron chi connectivity index (χ2n) is 4.57. The Morgan fingerprint density at radius 3 is 2.55 bits per heavy atom. The number of thiophene rings is 1. The number of nitrogens with one attached hydrogen (secondary N) is 1. The van der Waals surface area contributed by atoms with Gasteiger partial charge in [0, 0.05) is 25.3 Å². The highest BCUT2D eigenvalue weighted by Gasteiger charge is 2.29. The molecule has 0 bridgehead atoms. The van der Waals surface area contributed by atoms with Crippen LogP contribution in [0.2, 0.25) is 0 Å². The number of rotatable bonds is 2. The maximum atomic E-state index is 11.9. The molecule has 0 saturated carbocycles. The van der Waals surface area contributed by atoms with E-state index in [0.29, 0.717) is 30.1 Å². The van der Waals surface area contributed by atoms with E-state index in [0.717, 1.165) is 10.4 Å². The first-order valence-electron chi connectivity index (χ1n) is 6.20. The number of ether oxygens (including phenoxy) is 1. The molecule has 1 N–H and O–H groups in total. The van der Waals surface area contributed by atoms with Crippen molar-refractivity contribution in [1.82, 2.24) is 4.90 Å². The van der Waals surface area contributed by atoms with Crippen molar-refractivity contribution in [3.05, 3.63) is 16.0 Å². The molecule has 0 saturated heterocycles. The number of carbonyl (C=O) groups is 3. The SMILES string of the molecule is COC(=O)c1c(NC(C)=O)sc2c1CCN(C(C)=O)C2. The van der Waals surface area contributed by atoms with Crippen LogP contribution >= 0.6 is 11.3 Å². The van der Waals surface area contributed by atoms with Crippen LogP contribution in [0.5, 0.6) is 0 Å². The van der Waals surface area contributed by atoms with Gasteiger partial charge in [0.25, 0.3) is 0 Å². The van der Waals surface area contributed by atoms with Crippen molar-refractivity contribution in [3.8, 4) is 0 Å². The Morgan fingerprint density at radius 2 is 2.00 bits per heavy atom. The van der Waals surface area contributed by atoms with Crippen molar-refractivity contribution >= 4 is 34.1 Å². The summed E-state index contributed by atoms with van der Waals surface area (Å²) in [6.45, 7) is 3.96. The molecular weight excluding hydrogens is 280 g/mol. The third kappa shape index (κ3) is 2.67. The molecule has 0 spiro atoms. The molecule has 0 atom stereocenters. The molecule has 7 heteroatoms. The summed E-state index contributed by atoms with van der Waals surface area (Å²) in [5, 5.41) is 3.16. The molecule has 2 rings (SSSR count). The maximum Gasteiger partial charge on any atom is 0.341 e. The average Bonchev–Trinajstić information content (AvgIpc) is 2.73. The molecule has 6 nitrogen and oxygen atoms in total. The Balaban J connectivity index is 2.42. The van der Waals surface area contributed by atoms with Gasteiger partial charge in [0.05, 0.1) is 19.2 Å². The zero-order chi connectivity index (χ0) is 14.9. The largest absolute Gasteiger partial charge is 0.465 e. The molecule has 0 aromatic carbocycles. The fourth-order valence-corrected chi connectivity index (χ4v) is 3.54. The van der Waals surface area contributed by atoms with Gasteiger partial charge in [0.15, 0.2) is 0 Å². The van der Waals surface area contributed by atoms with Crippen molar-refractivity contribution in [1.29, 1.82) is 0 Å². The van der Waals surface area contributed by atoms with E-state index in [1.165, 1.54) is 32.3 Å². The highest BCUT2D eigenvalue weighted by molar-refractivity contribution is 7.17. The molecule has 0 aliphatic carbocycles. The number of nitrogens with zero attached hydrogens (tertiary/aromatic N) is 1. The number of methoxy groups -OCH3 is 1. The standard InChI is InChI=1S/C13H16N2O4S/c1-7(16)14-12-11(13(18)19-3)9-4-5-15(8(2)17)6-10(9)20-12/h4-6H2,1-3H3,(H,14,16). The number of carbonyl (C=O) groups excluding carboxylic acids is 3. The third-order valence-electron chi connectivity index (χ3n) is 3.18. The normalized spacial score (nSPS) is 13.7. The number of hydrogen-bond acceptors (Lipinski definition) is 5. The smallest absolute Gasteiger partial charge is 0.341 e. The summed E-state index contributed by atoms with van der Waals surface area (Å²) in [4.78, 5) is 37.2. The third-order valence-corrected chi connectivity index (χ3v) is 4.31. The first kappa shape index (κ1) is 14.5. The summed E-state index contributed by atoms with van der Waals surface area (Å²) in [6.07, 6.45) is 0.593. The average molecular weight is 296 g/mol. The van der Waals surface area contributed by atoms with Gasteiger partial charge in [-0.05, 0) is 12.0 Å². The fourth-order valence-electron chi connectivity index (χ4n) is 2.24. The predicted octanol–water partition coefficient (Wildman–Crippen LogP) is 1.40. The lowest BCUT2D eigenvalue weighted by atomic mass is 10.0. The lowest BCUT2D eigenvalue weighted by Crippen LogP contribution is -2.33. The van der Waals surface area contributed by atoms with Gasteiger partial charge in [-0.2, -0.15) is 0 Å².